The van der Waals surface area contributed by atoms with E-state index >= 15 is 0 Å². The summed E-state index contributed by atoms with van der Waals surface area (Å²) in [5, 5.41) is 2.73. The third-order valence-corrected chi connectivity index (χ3v) is 4.12. The highest BCUT2D eigenvalue weighted by molar-refractivity contribution is 9.10. The standard InChI is InChI=1S/C21H24BrNO3/c1-21(2,3)26-20(25)23-18(13-15-8-5-4-6-9-15)19(24)14-16-10-7-11-17(22)12-16/h4-12,18H,13-14H2,1-3H3,(H,23,25)/t18-/m0/s1. The van der Waals surface area contributed by atoms with Gasteiger partial charge in [0.05, 0.1) is 6.04 Å². The number of halogens is 1. The fourth-order valence-corrected chi connectivity index (χ4v) is 2.96. The summed E-state index contributed by atoms with van der Waals surface area (Å²) in [6.07, 6.45) is 0.0839. The van der Waals surface area contributed by atoms with E-state index in [2.05, 4.69) is 21.2 Å². The highest BCUT2D eigenvalue weighted by Crippen LogP contribution is 2.14. The molecule has 2 aromatic carbocycles. The first-order valence-corrected chi connectivity index (χ1v) is 9.33. The molecule has 0 fully saturated rings. The molecule has 2 aromatic rings. The van der Waals surface area contributed by atoms with Gasteiger partial charge < -0.3 is 10.1 Å². The molecule has 0 saturated heterocycles. The summed E-state index contributed by atoms with van der Waals surface area (Å²) in [5.74, 6) is -0.0576. The topological polar surface area (TPSA) is 55.4 Å². The molecule has 0 heterocycles. The number of nitrogens with one attached hydrogen (secondary N) is 1. The largest absolute Gasteiger partial charge is 0.444 e. The molecule has 2 rings (SSSR count). The molecule has 4 nitrogen and oxygen atoms in total. The number of hydrogen-bond donors (Lipinski definition) is 1. The van der Waals surface area contributed by atoms with Gasteiger partial charge in [0, 0.05) is 10.9 Å². The highest BCUT2D eigenvalue weighted by atomic mass is 79.9. The van der Waals surface area contributed by atoms with Gasteiger partial charge in [-0.1, -0.05) is 58.4 Å². The van der Waals surface area contributed by atoms with Gasteiger partial charge >= 0.3 is 6.09 Å². The number of alkyl carbamates (subject to hydrolysis) is 1. The molecule has 0 radical (unpaired) electrons. The molecule has 0 saturated carbocycles. The Morgan fingerprint density at radius 1 is 1.04 bits per heavy atom. The van der Waals surface area contributed by atoms with E-state index in [1.54, 1.807) is 20.8 Å². The van der Waals surface area contributed by atoms with Gasteiger partial charge in [-0.15, -0.1) is 0 Å². The van der Waals surface area contributed by atoms with E-state index in [1.165, 1.54) is 0 Å². The smallest absolute Gasteiger partial charge is 0.408 e. The Morgan fingerprint density at radius 2 is 1.69 bits per heavy atom. The fourth-order valence-electron chi connectivity index (χ4n) is 2.52. The second-order valence-corrected chi connectivity index (χ2v) is 8.08. The maximum Gasteiger partial charge on any atom is 0.408 e. The Bertz CT molecular complexity index is 753. The minimum atomic E-state index is -0.647. The van der Waals surface area contributed by atoms with Crippen molar-refractivity contribution in [2.45, 2.75) is 45.3 Å². The summed E-state index contributed by atoms with van der Waals surface area (Å²) in [4.78, 5) is 25.0. The van der Waals surface area contributed by atoms with Crippen molar-refractivity contribution >= 4 is 27.8 Å². The van der Waals surface area contributed by atoms with E-state index in [0.29, 0.717) is 6.42 Å². The van der Waals surface area contributed by atoms with Crippen LogP contribution in [0.25, 0.3) is 0 Å². The number of carbonyl (C=O) groups excluding carboxylic acids is 2. The molecular weight excluding hydrogens is 394 g/mol. The summed E-state index contributed by atoms with van der Waals surface area (Å²) >= 11 is 3.42. The lowest BCUT2D eigenvalue weighted by atomic mass is 9.98. The number of Topliss-reactive ketones (excluding diaryl/α,β-unsaturated/α-hetero) is 1. The van der Waals surface area contributed by atoms with Crippen molar-refractivity contribution in [2.75, 3.05) is 0 Å². The Kier molecular flexibility index (Phi) is 6.98. The molecule has 0 aromatic heterocycles. The minimum absolute atomic E-state index is 0.0576. The van der Waals surface area contributed by atoms with Crippen LogP contribution in [0.4, 0.5) is 4.79 Å². The van der Waals surface area contributed by atoms with Gasteiger partial charge in [-0.2, -0.15) is 0 Å². The Labute approximate surface area is 163 Å². The number of ketones is 1. The van der Waals surface area contributed by atoms with Gasteiger partial charge in [0.1, 0.15) is 5.60 Å². The molecule has 5 heteroatoms. The van der Waals surface area contributed by atoms with Crippen molar-refractivity contribution in [3.63, 3.8) is 0 Å². The van der Waals surface area contributed by atoms with E-state index in [9.17, 15) is 9.59 Å². The average molecular weight is 418 g/mol. The lowest BCUT2D eigenvalue weighted by Crippen LogP contribution is -2.45. The zero-order chi connectivity index (χ0) is 19.2. The predicted molar refractivity (Wildman–Crippen MR) is 106 cm³/mol. The molecule has 0 unspecified atom stereocenters. The van der Waals surface area contributed by atoms with E-state index < -0.39 is 17.7 Å². The Balaban J connectivity index is 2.13. The third kappa shape index (κ3) is 7.00. The van der Waals surface area contributed by atoms with Crippen LogP contribution in [0.3, 0.4) is 0 Å². The summed E-state index contributed by atoms with van der Waals surface area (Å²) < 4.78 is 6.23. The quantitative estimate of drug-likeness (QED) is 0.740. The fraction of sp³-hybridized carbons (Fsp3) is 0.333. The number of carbonyl (C=O) groups is 2. The molecule has 0 aliphatic rings. The summed E-state index contributed by atoms with van der Waals surface area (Å²) in [6, 6.07) is 16.6. The molecular formula is C21H24BrNO3. The lowest BCUT2D eigenvalue weighted by molar-refractivity contribution is -0.120. The van der Waals surface area contributed by atoms with Crippen LogP contribution in [-0.2, 0) is 22.4 Å². The van der Waals surface area contributed by atoms with Gasteiger partial charge in [0.15, 0.2) is 5.78 Å². The van der Waals surface area contributed by atoms with E-state index in [4.69, 9.17) is 4.74 Å². The SMILES string of the molecule is CC(C)(C)OC(=O)N[C@@H](Cc1ccccc1)C(=O)Cc1cccc(Br)c1. The summed E-state index contributed by atoms with van der Waals surface area (Å²) in [6.45, 7) is 5.38. The van der Waals surface area contributed by atoms with Crippen LogP contribution in [0.1, 0.15) is 31.9 Å². The van der Waals surface area contributed by atoms with Gasteiger partial charge in [-0.3, -0.25) is 4.79 Å². The molecule has 0 spiro atoms. The number of amides is 1. The van der Waals surface area contributed by atoms with Crippen molar-refractivity contribution < 1.29 is 14.3 Å². The maximum absolute atomic E-state index is 12.8. The van der Waals surface area contributed by atoms with E-state index in [0.717, 1.165) is 15.6 Å². The Morgan fingerprint density at radius 3 is 2.31 bits per heavy atom. The molecule has 1 N–H and O–H groups in total. The first kappa shape index (κ1) is 20.2. The monoisotopic (exact) mass is 417 g/mol. The van der Waals surface area contributed by atoms with Crippen LogP contribution in [0.15, 0.2) is 59.1 Å². The summed E-state index contributed by atoms with van der Waals surface area (Å²) in [7, 11) is 0. The number of hydrogen-bond acceptors (Lipinski definition) is 3. The van der Waals surface area contributed by atoms with Crippen molar-refractivity contribution in [3.8, 4) is 0 Å². The summed E-state index contributed by atoms with van der Waals surface area (Å²) in [5.41, 5.74) is 1.26. The third-order valence-electron chi connectivity index (χ3n) is 3.63. The second-order valence-electron chi connectivity index (χ2n) is 7.16. The maximum atomic E-state index is 12.8. The zero-order valence-corrected chi connectivity index (χ0v) is 16.9. The minimum Gasteiger partial charge on any atom is -0.444 e. The van der Waals surface area contributed by atoms with Crippen LogP contribution in [-0.4, -0.2) is 23.5 Å². The van der Waals surface area contributed by atoms with Crippen molar-refractivity contribution in [3.05, 3.63) is 70.2 Å². The van der Waals surface area contributed by atoms with Crippen LogP contribution in [0.5, 0.6) is 0 Å². The number of benzene rings is 2. The first-order chi connectivity index (χ1) is 12.2. The van der Waals surface area contributed by atoms with Gasteiger partial charge in [-0.25, -0.2) is 4.79 Å². The zero-order valence-electron chi connectivity index (χ0n) is 15.3. The van der Waals surface area contributed by atoms with Crippen LogP contribution in [0.2, 0.25) is 0 Å². The van der Waals surface area contributed by atoms with Crippen molar-refractivity contribution in [2.24, 2.45) is 0 Å². The van der Waals surface area contributed by atoms with Gasteiger partial charge in [0.2, 0.25) is 0 Å². The number of ether oxygens (including phenoxy) is 1. The van der Waals surface area contributed by atoms with Gasteiger partial charge in [-0.05, 0) is 50.5 Å². The second kappa shape index (κ2) is 8.99. The van der Waals surface area contributed by atoms with Gasteiger partial charge in [0.25, 0.3) is 0 Å². The van der Waals surface area contributed by atoms with Crippen LogP contribution >= 0.6 is 15.9 Å². The molecule has 0 aliphatic heterocycles. The molecule has 1 atom stereocenters. The highest BCUT2D eigenvalue weighted by Gasteiger charge is 2.24. The van der Waals surface area contributed by atoms with Crippen LogP contribution < -0.4 is 5.32 Å². The molecule has 138 valence electrons. The van der Waals surface area contributed by atoms with E-state index in [-0.39, 0.29) is 12.2 Å². The normalized spacial score (nSPS) is 12.3. The van der Waals surface area contributed by atoms with Crippen LogP contribution in [0, 0.1) is 0 Å². The first-order valence-electron chi connectivity index (χ1n) is 8.53. The average Bonchev–Trinajstić information content (AvgIpc) is 2.53. The van der Waals surface area contributed by atoms with Crippen molar-refractivity contribution in [1.82, 2.24) is 5.32 Å². The predicted octanol–water partition coefficient (Wildman–Crippen LogP) is 4.70. The lowest BCUT2D eigenvalue weighted by Gasteiger charge is -2.23. The Hall–Kier alpha value is -2.14. The van der Waals surface area contributed by atoms with Crippen molar-refractivity contribution in [1.29, 1.82) is 0 Å². The molecule has 1 amide bonds. The number of rotatable bonds is 6. The molecule has 26 heavy (non-hydrogen) atoms. The molecule has 0 bridgehead atoms. The molecule has 0 aliphatic carbocycles. The van der Waals surface area contributed by atoms with E-state index in [1.807, 2.05) is 54.6 Å².